The van der Waals surface area contributed by atoms with E-state index in [9.17, 15) is 0 Å². The summed E-state index contributed by atoms with van der Waals surface area (Å²) in [5.41, 5.74) is 3.62. The molecule has 1 N–H and O–H groups in total. The first-order valence-electron chi connectivity index (χ1n) is 6.28. The first-order valence-corrected chi connectivity index (χ1v) is 7.45. The van der Waals surface area contributed by atoms with Crippen molar-refractivity contribution in [2.24, 2.45) is 0 Å². The van der Waals surface area contributed by atoms with Crippen LogP contribution in [0.1, 0.15) is 22.7 Å². The fraction of sp³-hybridized carbons (Fsp3) is 0.250. The van der Waals surface area contributed by atoms with Crippen LogP contribution >= 0.6 is 27.5 Å². The lowest BCUT2D eigenvalue weighted by atomic mass is 9.98. The third kappa shape index (κ3) is 3.82. The van der Waals surface area contributed by atoms with E-state index in [-0.39, 0.29) is 6.04 Å². The molecule has 0 spiro atoms. The van der Waals surface area contributed by atoms with Crippen LogP contribution in [0.5, 0.6) is 0 Å². The van der Waals surface area contributed by atoms with Gasteiger partial charge in [0.15, 0.2) is 0 Å². The molecule has 0 aromatic heterocycles. The van der Waals surface area contributed by atoms with Crippen molar-refractivity contribution in [1.29, 1.82) is 0 Å². The van der Waals surface area contributed by atoms with Crippen LogP contribution in [0.15, 0.2) is 46.9 Å². The maximum absolute atomic E-state index is 6.35. The first-order chi connectivity index (χ1) is 9.10. The van der Waals surface area contributed by atoms with Gasteiger partial charge in [0, 0.05) is 15.5 Å². The van der Waals surface area contributed by atoms with Gasteiger partial charge < -0.3 is 5.32 Å². The Bertz CT molecular complexity index is 568. The number of benzene rings is 2. The lowest BCUT2D eigenvalue weighted by molar-refractivity contribution is 0.592. The van der Waals surface area contributed by atoms with Crippen molar-refractivity contribution in [3.05, 3.63) is 68.7 Å². The highest BCUT2D eigenvalue weighted by Crippen LogP contribution is 2.27. The van der Waals surface area contributed by atoms with Crippen LogP contribution in [0.3, 0.4) is 0 Å². The molecule has 2 aromatic carbocycles. The van der Waals surface area contributed by atoms with E-state index in [1.807, 2.05) is 19.2 Å². The molecule has 0 amide bonds. The lowest BCUT2D eigenvalue weighted by Crippen LogP contribution is -2.19. The minimum atomic E-state index is 0.224. The summed E-state index contributed by atoms with van der Waals surface area (Å²) in [5.74, 6) is 0. The maximum Gasteiger partial charge on any atom is 0.0456 e. The molecule has 3 heteroatoms. The molecule has 0 heterocycles. The minimum Gasteiger partial charge on any atom is -0.313 e. The predicted octanol–water partition coefficient (Wildman–Crippen LogP) is 4.91. The van der Waals surface area contributed by atoms with Crippen LogP contribution in [0.4, 0.5) is 0 Å². The number of nitrogens with one attached hydrogen (secondary N) is 1. The van der Waals surface area contributed by atoms with Crippen molar-refractivity contribution < 1.29 is 0 Å². The van der Waals surface area contributed by atoms with E-state index in [0.29, 0.717) is 0 Å². The second kappa shape index (κ2) is 6.56. The number of hydrogen-bond acceptors (Lipinski definition) is 1. The summed E-state index contributed by atoms with van der Waals surface area (Å²) in [6.45, 7) is 2.05. The van der Waals surface area contributed by atoms with Crippen LogP contribution in [0, 0.1) is 6.92 Å². The number of aryl methyl sites for hydroxylation is 1. The molecule has 1 unspecified atom stereocenters. The van der Waals surface area contributed by atoms with Gasteiger partial charge >= 0.3 is 0 Å². The van der Waals surface area contributed by atoms with Crippen molar-refractivity contribution in [2.45, 2.75) is 19.4 Å². The standard InChI is InChI=1S/C16H17BrClN/c1-11-6-7-14(15(18)8-11)16(19-2)10-12-4-3-5-13(17)9-12/h3-9,16,19H,10H2,1-2H3. The Morgan fingerprint density at radius 3 is 2.63 bits per heavy atom. The number of halogens is 2. The molecule has 2 aromatic rings. The van der Waals surface area contributed by atoms with Gasteiger partial charge in [-0.3, -0.25) is 0 Å². The van der Waals surface area contributed by atoms with E-state index < -0.39 is 0 Å². The average molecular weight is 339 g/mol. The van der Waals surface area contributed by atoms with Gasteiger partial charge in [0.25, 0.3) is 0 Å². The van der Waals surface area contributed by atoms with E-state index in [4.69, 9.17) is 11.6 Å². The SMILES string of the molecule is CNC(Cc1cccc(Br)c1)c1ccc(C)cc1Cl. The molecular weight excluding hydrogens is 322 g/mol. The Morgan fingerprint density at radius 1 is 1.21 bits per heavy atom. The van der Waals surface area contributed by atoms with Crippen LogP contribution < -0.4 is 5.32 Å². The molecule has 1 nitrogen and oxygen atoms in total. The molecule has 19 heavy (non-hydrogen) atoms. The van der Waals surface area contributed by atoms with Gasteiger partial charge in [-0.2, -0.15) is 0 Å². The van der Waals surface area contributed by atoms with Crippen LogP contribution in [0.2, 0.25) is 5.02 Å². The van der Waals surface area contributed by atoms with E-state index >= 15 is 0 Å². The Hall–Kier alpha value is -0.830. The van der Waals surface area contributed by atoms with Crippen molar-refractivity contribution in [2.75, 3.05) is 7.05 Å². The number of hydrogen-bond donors (Lipinski definition) is 1. The minimum absolute atomic E-state index is 0.224. The third-order valence-electron chi connectivity index (χ3n) is 3.21. The average Bonchev–Trinajstić information content (AvgIpc) is 2.37. The summed E-state index contributed by atoms with van der Waals surface area (Å²) < 4.78 is 1.11. The summed E-state index contributed by atoms with van der Waals surface area (Å²) >= 11 is 9.86. The highest BCUT2D eigenvalue weighted by atomic mass is 79.9. The van der Waals surface area contributed by atoms with E-state index in [0.717, 1.165) is 21.5 Å². The molecule has 0 aliphatic rings. The fourth-order valence-electron chi connectivity index (χ4n) is 2.18. The Balaban J connectivity index is 2.25. The molecule has 1 atom stereocenters. The molecule has 0 saturated carbocycles. The van der Waals surface area contributed by atoms with E-state index in [1.165, 1.54) is 11.1 Å². The molecule has 0 radical (unpaired) electrons. The highest BCUT2D eigenvalue weighted by Gasteiger charge is 2.13. The van der Waals surface area contributed by atoms with Gasteiger partial charge in [0.2, 0.25) is 0 Å². The quantitative estimate of drug-likeness (QED) is 0.835. The van der Waals surface area contributed by atoms with E-state index in [2.05, 4.69) is 58.5 Å². The van der Waals surface area contributed by atoms with E-state index in [1.54, 1.807) is 0 Å². The molecule has 2 rings (SSSR count). The smallest absolute Gasteiger partial charge is 0.0456 e. The van der Waals surface area contributed by atoms with Crippen molar-refractivity contribution in [3.63, 3.8) is 0 Å². The fourth-order valence-corrected chi connectivity index (χ4v) is 3.00. The topological polar surface area (TPSA) is 12.0 Å². The van der Waals surface area contributed by atoms with Gasteiger partial charge in [-0.1, -0.05) is 51.8 Å². The van der Waals surface area contributed by atoms with Crippen molar-refractivity contribution in [3.8, 4) is 0 Å². The van der Waals surface area contributed by atoms with Gasteiger partial charge in [-0.25, -0.2) is 0 Å². The number of likely N-dealkylation sites (N-methyl/N-ethyl adjacent to an activating group) is 1. The highest BCUT2D eigenvalue weighted by molar-refractivity contribution is 9.10. The molecule has 0 bridgehead atoms. The Morgan fingerprint density at radius 2 is 2.00 bits per heavy atom. The summed E-state index contributed by atoms with van der Waals surface area (Å²) in [6, 6.07) is 14.8. The lowest BCUT2D eigenvalue weighted by Gasteiger charge is -2.18. The summed E-state index contributed by atoms with van der Waals surface area (Å²) in [5, 5.41) is 4.17. The first kappa shape index (κ1) is 14.6. The Labute approximate surface area is 128 Å². The second-order valence-electron chi connectivity index (χ2n) is 4.70. The van der Waals surface area contributed by atoms with Crippen LogP contribution in [-0.2, 0) is 6.42 Å². The molecule has 100 valence electrons. The zero-order valence-corrected chi connectivity index (χ0v) is 13.4. The predicted molar refractivity (Wildman–Crippen MR) is 85.8 cm³/mol. The molecule has 0 saturated heterocycles. The van der Waals surface area contributed by atoms with Gasteiger partial charge in [-0.05, 0) is 55.3 Å². The van der Waals surface area contributed by atoms with Gasteiger partial charge in [0.05, 0.1) is 0 Å². The summed E-state index contributed by atoms with van der Waals surface area (Å²) in [6.07, 6.45) is 0.915. The second-order valence-corrected chi connectivity index (χ2v) is 6.02. The molecule has 0 fully saturated rings. The van der Waals surface area contributed by atoms with Crippen molar-refractivity contribution in [1.82, 2.24) is 5.32 Å². The normalized spacial score (nSPS) is 12.4. The largest absolute Gasteiger partial charge is 0.313 e. The summed E-state index contributed by atoms with van der Waals surface area (Å²) in [7, 11) is 1.97. The van der Waals surface area contributed by atoms with Crippen LogP contribution in [-0.4, -0.2) is 7.05 Å². The molecule has 0 aliphatic heterocycles. The monoisotopic (exact) mass is 337 g/mol. The van der Waals surface area contributed by atoms with Crippen LogP contribution in [0.25, 0.3) is 0 Å². The zero-order chi connectivity index (χ0) is 13.8. The molecule has 0 aliphatic carbocycles. The zero-order valence-electron chi connectivity index (χ0n) is 11.1. The maximum atomic E-state index is 6.35. The van der Waals surface area contributed by atoms with Crippen molar-refractivity contribution >= 4 is 27.5 Å². The van der Waals surface area contributed by atoms with Gasteiger partial charge in [-0.15, -0.1) is 0 Å². The Kier molecular flexibility index (Phi) is 5.03. The summed E-state index contributed by atoms with van der Waals surface area (Å²) in [4.78, 5) is 0. The number of rotatable bonds is 4. The molecular formula is C16H17BrClN. The van der Waals surface area contributed by atoms with Gasteiger partial charge in [0.1, 0.15) is 0 Å². The third-order valence-corrected chi connectivity index (χ3v) is 4.03.